The van der Waals surface area contributed by atoms with E-state index in [1.54, 1.807) is 29.2 Å². The molecule has 0 bridgehead atoms. The largest absolute Gasteiger partial charge is 0.325 e. The third-order valence-electron chi connectivity index (χ3n) is 4.60. The van der Waals surface area contributed by atoms with E-state index in [2.05, 4.69) is 26.2 Å². The average molecular weight is 498 g/mol. The number of carbonyl (C=O) groups excluding carboxylic acids is 1. The molecule has 10 heteroatoms. The van der Waals surface area contributed by atoms with E-state index in [4.69, 9.17) is 0 Å². The van der Waals surface area contributed by atoms with E-state index < -0.39 is 9.84 Å². The molecule has 0 unspecified atom stereocenters. The quantitative estimate of drug-likeness (QED) is 0.700. The van der Waals surface area contributed by atoms with Crippen LogP contribution in [0.2, 0.25) is 0 Å². The number of aliphatic imine (C=N–C) groups is 1. The molecule has 0 spiro atoms. The van der Waals surface area contributed by atoms with Crippen molar-refractivity contribution >= 4 is 60.0 Å². The lowest BCUT2D eigenvalue weighted by atomic mass is 10.2. The molecule has 6 nitrogen and oxygen atoms in total. The van der Waals surface area contributed by atoms with Crippen LogP contribution in [0.3, 0.4) is 0 Å². The van der Waals surface area contributed by atoms with Gasteiger partial charge < -0.3 is 10.2 Å². The van der Waals surface area contributed by atoms with E-state index in [1.165, 1.54) is 23.9 Å². The summed E-state index contributed by atoms with van der Waals surface area (Å²) in [6.45, 7) is -0.0281. The molecule has 2 heterocycles. The number of amidine groups is 1. The second kappa shape index (κ2) is 8.08. The molecule has 0 radical (unpaired) electrons. The molecular weight excluding hydrogens is 481 g/mol. The van der Waals surface area contributed by atoms with Gasteiger partial charge in [-0.1, -0.05) is 27.7 Å². The van der Waals surface area contributed by atoms with Crippen molar-refractivity contribution in [1.29, 1.82) is 0 Å². The predicted molar refractivity (Wildman–Crippen MR) is 118 cm³/mol. The van der Waals surface area contributed by atoms with Crippen LogP contribution >= 0.6 is 27.7 Å². The Morgan fingerprint density at radius 3 is 2.52 bits per heavy atom. The Morgan fingerprint density at radius 1 is 1.17 bits per heavy atom. The van der Waals surface area contributed by atoms with Crippen LogP contribution in [-0.4, -0.2) is 48.8 Å². The number of anilines is 2. The van der Waals surface area contributed by atoms with E-state index in [0.717, 1.165) is 4.47 Å². The molecule has 1 amide bonds. The zero-order chi connectivity index (χ0) is 20.6. The van der Waals surface area contributed by atoms with Gasteiger partial charge in [0.05, 0.1) is 17.5 Å². The molecule has 2 aliphatic rings. The van der Waals surface area contributed by atoms with Gasteiger partial charge in [0.25, 0.3) is 0 Å². The summed E-state index contributed by atoms with van der Waals surface area (Å²) in [5, 5.41) is 3.26. The van der Waals surface area contributed by atoms with Gasteiger partial charge in [0, 0.05) is 21.1 Å². The highest BCUT2D eigenvalue weighted by Crippen LogP contribution is 2.36. The molecule has 0 aromatic heterocycles. The zero-order valence-corrected chi connectivity index (χ0v) is 18.3. The molecule has 1 saturated heterocycles. The normalized spacial score (nSPS) is 22.1. The van der Waals surface area contributed by atoms with Gasteiger partial charge in [0.15, 0.2) is 15.0 Å². The van der Waals surface area contributed by atoms with Gasteiger partial charge in [0.2, 0.25) is 5.91 Å². The predicted octanol–water partition coefficient (Wildman–Crippen LogP) is 3.30. The Morgan fingerprint density at radius 2 is 1.86 bits per heavy atom. The highest BCUT2D eigenvalue weighted by atomic mass is 79.9. The molecule has 4 rings (SSSR count). The summed E-state index contributed by atoms with van der Waals surface area (Å²) in [7, 11) is -3.07. The van der Waals surface area contributed by atoms with Crippen molar-refractivity contribution in [2.24, 2.45) is 4.99 Å². The Bertz CT molecular complexity index is 1060. The number of halogens is 2. The molecule has 29 heavy (non-hydrogen) atoms. The summed E-state index contributed by atoms with van der Waals surface area (Å²) in [5.74, 6) is -0.532. The minimum atomic E-state index is -3.07. The summed E-state index contributed by atoms with van der Waals surface area (Å²) >= 11 is 4.71. The number of thioether (sulfide) groups is 1. The van der Waals surface area contributed by atoms with Gasteiger partial charge >= 0.3 is 0 Å². The van der Waals surface area contributed by atoms with Crippen LogP contribution in [0.15, 0.2) is 58.0 Å². The van der Waals surface area contributed by atoms with Crippen molar-refractivity contribution in [1.82, 2.24) is 0 Å². The minimum Gasteiger partial charge on any atom is -0.325 e. The third-order valence-corrected chi connectivity index (χ3v) is 8.38. The standard InChI is InChI=1S/C19H17BrFN3O3S2/c20-12-1-5-14(6-2-12)22-18(25)9-24(15-7-3-13(21)4-8-15)19-23-16-10-29(26,27)11-17(16)28-19/h1-8,16-17H,9-11H2,(H,22,25)/t16-,17-/m0/s1. The summed E-state index contributed by atoms with van der Waals surface area (Å²) in [6.07, 6.45) is 0. The van der Waals surface area contributed by atoms with Gasteiger partial charge in [0.1, 0.15) is 12.4 Å². The van der Waals surface area contributed by atoms with Crippen LogP contribution in [0.5, 0.6) is 0 Å². The lowest BCUT2D eigenvalue weighted by Gasteiger charge is -2.24. The smallest absolute Gasteiger partial charge is 0.244 e. The van der Waals surface area contributed by atoms with E-state index in [9.17, 15) is 17.6 Å². The number of benzene rings is 2. The molecule has 2 aromatic carbocycles. The zero-order valence-electron chi connectivity index (χ0n) is 15.1. The number of sulfone groups is 1. The van der Waals surface area contributed by atoms with E-state index in [0.29, 0.717) is 16.5 Å². The first kappa shape index (κ1) is 20.4. The van der Waals surface area contributed by atoms with Crippen LogP contribution in [0, 0.1) is 5.82 Å². The van der Waals surface area contributed by atoms with Gasteiger partial charge in [-0.3, -0.25) is 9.79 Å². The molecular formula is C19H17BrFN3O3S2. The molecule has 0 saturated carbocycles. The van der Waals surface area contributed by atoms with Crippen molar-refractivity contribution in [3.63, 3.8) is 0 Å². The number of fused-ring (bicyclic) bond motifs is 1. The van der Waals surface area contributed by atoms with E-state index in [-0.39, 0.29) is 41.1 Å². The summed E-state index contributed by atoms with van der Waals surface area (Å²) in [5.41, 5.74) is 1.27. The fraction of sp³-hybridized carbons (Fsp3) is 0.263. The maximum atomic E-state index is 13.4. The fourth-order valence-corrected chi connectivity index (χ4v) is 7.28. The number of rotatable bonds is 4. The number of nitrogens with one attached hydrogen (secondary N) is 1. The van der Waals surface area contributed by atoms with Gasteiger partial charge in [-0.05, 0) is 48.5 Å². The molecule has 2 aromatic rings. The van der Waals surface area contributed by atoms with Crippen molar-refractivity contribution in [2.45, 2.75) is 11.3 Å². The van der Waals surface area contributed by atoms with Crippen LogP contribution in [-0.2, 0) is 14.6 Å². The number of nitrogens with zero attached hydrogens (tertiary/aromatic N) is 2. The van der Waals surface area contributed by atoms with E-state index in [1.807, 2.05) is 12.1 Å². The van der Waals surface area contributed by atoms with Crippen LogP contribution in [0.25, 0.3) is 0 Å². The van der Waals surface area contributed by atoms with Crippen LogP contribution < -0.4 is 10.2 Å². The van der Waals surface area contributed by atoms with Crippen LogP contribution in [0.1, 0.15) is 0 Å². The number of carbonyl (C=O) groups is 1. The molecule has 2 aliphatic heterocycles. The van der Waals surface area contributed by atoms with Gasteiger partial charge in [-0.2, -0.15) is 0 Å². The Balaban J connectivity index is 1.55. The molecule has 0 aliphatic carbocycles. The lowest BCUT2D eigenvalue weighted by Crippen LogP contribution is -2.36. The Labute approximate surface area is 180 Å². The fourth-order valence-electron chi connectivity index (χ4n) is 3.24. The summed E-state index contributed by atoms with van der Waals surface area (Å²) in [6, 6.07) is 12.7. The number of amides is 1. The second-order valence-corrected chi connectivity index (χ2v) is 11.1. The van der Waals surface area contributed by atoms with Crippen molar-refractivity contribution < 1.29 is 17.6 Å². The molecule has 1 fully saturated rings. The first-order chi connectivity index (χ1) is 13.8. The summed E-state index contributed by atoms with van der Waals surface area (Å²) in [4.78, 5) is 18.9. The minimum absolute atomic E-state index is 0.0243. The van der Waals surface area contributed by atoms with Gasteiger partial charge in [-0.15, -0.1) is 0 Å². The highest BCUT2D eigenvalue weighted by Gasteiger charge is 2.44. The maximum Gasteiger partial charge on any atom is 0.244 e. The molecule has 1 N–H and O–H groups in total. The molecule has 152 valence electrons. The van der Waals surface area contributed by atoms with Gasteiger partial charge in [-0.25, -0.2) is 12.8 Å². The van der Waals surface area contributed by atoms with Crippen molar-refractivity contribution in [3.05, 3.63) is 58.8 Å². The number of hydrogen-bond donors (Lipinski definition) is 1. The Kier molecular flexibility index (Phi) is 5.67. The first-order valence-electron chi connectivity index (χ1n) is 8.82. The second-order valence-electron chi connectivity index (χ2n) is 6.83. The van der Waals surface area contributed by atoms with Crippen molar-refractivity contribution in [2.75, 3.05) is 28.3 Å². The van der Waals surface area contributed by atoms with E-state index >= 15 is 0 Å². The van der Waals surface area contributed by atoms with Crippen molar-refractivity contribution in [3.8, 4) is 0 Å². The third kappa shape index (κ3) is 4.81. The lowest BCUT2D eigenvalue weighted by molar-refractivity contribution is -0.114. The maximum absolute atomic E-state index is 13.4. The topological polar surface area (TPSA) is 78.8 Å². The first-order valence-corrected chi connectivity index (χ1v) is 12.3. The monoisotopic (exact) mass is 497 g/mol. The SMILES string of the molecule is O=C(CN(C1=N[C@H]2CS(=O)(=O)C[C@@H]2S1)c1ccc(F)cc1)Nc1ccc(Br)cc1. The molecule has 2 atom stereocenters. The Hall–Kier alpha value is -1.91. The highest BCUT2D eigenvalue weighted by molar-refractivity contribution is 9.10. The summed E-state index contributed by atoms with van der Waals surface area (Å²) < 4.78 is 37.9. The van der Waals surface area contributed by atoms with Crippen LogP contribution in [0.4, 0.5) is 15.8 Å². The average Bonchev–Trinajstić information content (AvgIpc) is 3.16. The number of hydrogen-bond acceptors (Lipinski definition) is 6.